The maximum absolute atomic E-state index is 12.1. The van der Waals surface area contributed by atoms with Crippen molar-refractivity contribution in [1.29, 1.82) is 0 Å². The fourth-order valence-corrected chi connectivity index (χ4v) is 3.78. The van der Waals surface area contributed by atoms with Crippen LogP contribution in [0.4, 0.5) is 5.69 Å². The second kappa shape index (κ2) is 9.54. The third kappa shape index (κ3) is 6.11. The van der Waals surface area contributed by atoms with Crippen LogP contribution in [-0.4, -0.2) is 27.5 Å². The first-order valence-electron chi connectivity index (χ1n) is 7.79. The van der Waals surface area contributed by atoms with Crippen LogP contribution in [0, 0.1) is 3.57 Å². The van der Waals surface area contributed by atoms with Crippen LogP contribution in [0.1, 0.15) is 13.3 Å². The highest BCUT2D eigenvalue weighted by Gasteiger charge is 2.16. The maximum atomic E-state index is 12.1. The molecule has 26 heavy (non-hydrogen) atoms. The molecule has 0 aromatic heterocycles. The van der Waals surface area contributed by atoms with Gasteiger partial charge in [0.15, 0.2) is 6.61 Å². The molecule has 0 aliphatic rings. The first-order chi connectivity index (χ1) is 12.3. The van der Waals surface area contributed by atoms with Crippen LogP contribution in [0.2, 0.25) is 5.02 Å². The van der Waals surface area contributed by atoms with E-state index in [4.69, 9.17) is 16.3 Å². The summed E-state index contributed by atoms with van der Waals surface area (Å²) in [5.74, 6) is -0.109. The van der Waals surface area contributed by atoms with E-state index in [0.717, 1.165) is 3.57 Å². The van der Waals surface area contributed by atoms with Crippen LogP contribution in [0.15, 0.2) is 47.4 Å². The summed E-state index contributed by atoms with van der Waals surface area (Å²) in [6.45, 7) is 1.97. The molecule has 0 aliphatic heterocycles. The number of amides is 1. The van der Waals surface area contributed by atoms with Gasteiger partial charge in [-0.1, -0.05) is 18.5 Å². The normalized spacial score (nSPS) is 11.2. The van der Waals surface area contributed by atoms with Crippen molar-refractivity contribution in [3.05, 3.63) is 51.1 Å². The molecule has 2 aromatic rings. The lowest BCUT2D eigenvalue weighted by molar-refractivity contribution is -0.118. The zero-order valence-corrected chi connectivity index (χ0v) is 17.7. The Kier molecular flexibility index (Phi) is 7.69. The molecule has 0 saturated heterocycles. The number of carbonyl (C=O) groups excluding carboxylic acids is 1. The lowest BCUT2D eigenvalue weighted by atomic mass is 10.3. The van der Waals surface area contributed by atoms with Crippen LogP contribution in [0.25, 0.3) is 0 Å². The summed E-state index contributed by atoms with van der Waals surface area (Å²) in [5, 5.41) is 2.82. The Labute approximate surface area is 171 Å². The number of hydrogen-bond donors (Lipinski definition) is 2. The SMILES string of the molecule is CCCNS(=O)(=O)c1ccc(OCC(=O)Nc2ccc(I)cc2)c(Cl)c1. The standard InChI is InChI=1S/C17H18ClIN2O4S/c1-2-9-20-26(23,24)14-7-8-16(15(18)10-14)25-11-17(22)21-13-5-3-12(19)4-6-13/h3-8,10,20H,2,9,11H2,1H3,(H,21,22). The van der Waals surface area contributed by atoms with Crippen molar-refractivity contribution in [2.45, 2.75) is 18.2 Å². The Bertz CT molecular complexity index is 873. The fraction of sp³-hybridized carbons (Fsp3) is 0.235. The van der Waals surface area contributed by atoms with Crippen LogP contribution in [0.5, 0.6) is 5.75 Å². The fourth-order valence-electron chi connectivity index (χ4n) is 1.96. The van der Waals surface area contributed by atoms with E-state index in [-0.39, 0.29) is 28.2 Å². The number of nitrogens with one attached hydrogen (secondary N) is 2. The van der Waals surface area contributed by atoms with Gasteiger partial charge in [-0.2, -0.15) is 0 Å². The van der Waals surface area contributed by atoms with Gasteiger partial charge in [0.2, 0.25) is 10.0 Å². The summed E-state index contributed by atoms with van der Waals surface area (Å²) in [6.07, 6.45) is 0.684. The second-order valence-electron chi connectivity index (χ2n) is 5.33. The Morgan fingerprint density at radius 3 is 2.50 bits per heavy atom. The van der Waals surface area contributed by atoms with Crippen molar-refractivity contribution in [1.82, 2.24) is 4.72 Å². The van der Waals surface area contributed by atoms with Crippen molar-refractivity contribution in [2.75, 3.05) is 18.5 Å². The van der Waals surface area contributed by atoms with E-state index in [9.17, 15) is 13.2 Å². The highest BCUT2D eigenvalue weighted by molar-refractivity contribution is 14.1. The molecule has 0 aliphatic carbocycles. The topological polar surface area (TPSA) is 84.5 Å². The number of anilines is 1. The zero-order valence-electron chi connectivity index (χ0n) is 14.0. The van der Waals surface area contributed by atoms with Crippen molar-refractivity contribution in [3.63, 3.8) is 0 Å². The average Bonchev–Trinajstić information content (AvgIpc) is 2.61. The maximum Gasteiger partial charge on any atom is 0.262 e. The van der Waals surface area contributed by atoms with E-state index in [1.54, 1.807) is 12.1 Å². The van der Waals surface area contributed by atoms with Gasteiger partial charge in [0.05, 0.1) is 9.92 Å². The molecule has 0 radical (unpaired) electrons. The predicted octanol–water partition coefficient (Wildman–Crippen LogP) is 3.65. The lowest BCUT2D eigenvalue weighted by Gasteiger charge is -2.11. The van der Waals surface area contributed by atoms with Gasteiger partial charge in [-0.3, -0.25) is 4.79 Å². The summed E-state index contributed by atoms with van der Waals surface area (Å²) in [4.78, 5) is 12.0. The summed E-state index contributed by atoms with van der Waals surface area (Å²) < 4.78 is 33.1. The van der Waals surface area contributed by atoms with Gasteiger partial charge in [-0.25, -0.2) is 13.1 Å². The van der Waals surface area contributed by atoms with Crippen LogP contribution in [-0.2, 0) is 14.8 Å². The van der Waals surface area contributed by atoms with Crippen molar-refractivity contribution < 1.29 is 17.9 Å². The molecule has 6 nitrogen and oxygen atoms in total. The molecule has 0 atom stereocenters. The first-order valence-corrected chi connectivity index (χ1v) is 10.7. The second-order valence-corrected chi connectivity index (χ2v) is 8.75. The van der Waals surface area contributed by atoms with E-state index >= 15 is 0 Å². The van der Waals surface area contributed by atoms with Crippen LogP contribution in [0.3, 0.4) is 0 Å². The van der Waals surface area contributed by atoms with Gasteiger partial charge in [-0.15, -0.1) is 0 Å². The number of hydrogen-bond acceptors (Lipinski definition) is 4. The number of carbonyl (C=O) groups is 1. The lowest BCUT2D eigenvalue weighted by Crippen LogP contribution is -2.24. The first kappa shape index (κ1) is 20.9. The molecule has 9 heteroatoms. The molecule has 1 amide bonds. The molecule has 0 heterocycles. The molecule has 0 bridgehead atoms. The molecule has 2 rings (SSSR count). The summed E-state index contributed by atoms with van der Waals surface area (Å²) in [5.41, 5.74) is 0.661. The van der Waals surface area contributed by atoms with E-state index in [1.165, 1.54) is 18.2 Å². The third-order valence-corrected chi connectivity index (χ3v) is 5.72. The average molecular weight is 509 g/mol. The molecule has 0 saturated carbocycles. The van der Waals surface area contributed by atoms with E-state index in [2.05, 4.69) is 32.6 Å². The number of benzene rings is 2. The number of halogens is 2. The zero-order chi connectivity index (χ0) is 19.2. The highest BCUT2D eigenvalue weighted by Crippen LogP contribution is 2.27. The molecule has 2 N–H and O–H groups in total. The quantitative estimate of drug-likeness (QED) is 0.533. The van der Waals surface area contributed by atoms with Crippen molar-refractivity contribution >= 4 is 55.8 Å². The van der Waals surface area contributed by atoms with Gasteiger partial charge >= 0.3 is 0 Å². The molecular formula is C17H18ClIN2O4S. The van der Waals surface area contributed by atoms with Gasteiger partial charge in [-0.05, 0) is 71.5 Å². The van der Waals surface area contributed by atoms with E-state index < -0.39 is 10.0 Å². The molecular weight excluding hydrogens is 491 g/mol. The number of rotatable bonds is 8. The van der Waals surface area contributed by atoms with Crippen LogP contribution < -0.4 is 14.8 Å². The summed E-state index contributed by atoms with van der Waals surface area (Å²) in [6, 6.07) is 11.4. The van der Waals surface area contributed by atoms with E-state index in [0.29, 0.717) is 18.7 Å². The Hall–Kier alpha value is -1.36. The monoisotopic (exact) mass is 508 g/mol. The Balaban J connectivity index is 1.97. The third-order valence-electron chi connectivity index (χ3n) is 3.24. The van der Waals surface area contributed by atoms with Crippen molar-refractivity contribution in [2.24, 2.45) is 0 Å². The summed E-state index contributed by atoms with van der Waals surface area (Å²) in [7, 11) is -3.61. The van der Waals surface area contributed by atoms with Crippen molar-refractivity contribution in [3.8, 4) is 5.75 Å². The summed E-state index contributed by atoms with van der Waals surface area (Å²) >= 11 is 8.25. The minimum Gasteiger partial charge on any atom is -0.482 e. The highest BCUT2D eigenvalue weighted by atomic mass is 127. The largest absolute Gasteiger partial charge is 0.482 e. The van der Waals surface area contributed by atoms with Gasteiger partial charge in [0.25, 0.3) is 5.91 Å². The number of sulfonamides is 1. The number of ether oxygens (including phenoxy) is 1. The molecule has 2 aromatic carbocycles. The smallest absolute Gasteiger partial charge is 0.262 e. The minimum absolute atomic E-state index is 0.0478. The van der Waals surface area contributed by atoms with Gasteiger partial charge < -0.3 is 10.1 Å². The Morgan fingerprint density at radius 2 is 1.88 bits per heavy atom. The molecule has 0 fully saturated rings. The van der Waals surface area contributed by atoms with E-state index in [1.807, 2.05) is 19.1 Å². The van der Waals surface area contributed by atoms with Gasteiger partial charge in [0.1, 0.15) is 5.75 Å². The minimum atomic E-state index is -3.61. The van der Waals surface area contributed by atoms with Crippen LogP contribution >= 0.6 is 34.2 Å². The van der Waals surface area contributed by atoms with Gasteiger partial charge in [0, 0.05) is 15.8 Å². The molecule has 0 spiro atoms. The molecule has 0 unspecified atom stereocenters. The molecule has 140 valence electrons. The Morgan fingerprint density at radius 1 is 1.19 bits per heavy atom. The predicted molar refractivity (Wildman–Crippen MR) is 110 cm³/mol.